The number of allylic oxidation sites excluding steroid dienone is 4. The predicted molar refractivity (Wildman–Crippen MR) is 293 cm³/mol. The molecular formula is C64H69NO15. The fraction of sp³-hybridized carbons (Fsp3) is 0.484. The minimum atomic E-state index is -1.72. The summed E-state index contributed by atoms with van der Waals surface area (Å²) in [4.78, 5) is 64.9. The molecule has 3 saturated heterocycles. The van der Waals surface area contributed by atoms with Crippen LogP contribution in [0.2, 0.25) is 0 Å². The van der Waals surface area contributed by atoms with E-state index in [1.54, 1.807) is 45.0 Å². The number of carbonyl (C=O) groups excluding carboxylic acids is 4. The molecule has 3 saturated carbocycles. The summed E-state index contributed by atoms with van der Waals surface area (Å²) in [7, 11) is 1.31. The molecule has 5 unspecified atom stereocenters. The van der Waals surface area contributed by atoms with Gasteiger partial charge in [-0.1, -0.05) is 53.6 Å². The maximum atomic E-state index is 16.0. The van der Waals surface area contributed by atoms with Crippen LogP contribution >= 0.6 is 0 Å². The van der Waals surface area contributed by atoms with Crippen molar-refractivity contribution in [1.29, 1.82) is 0 Å². The normalized spacial score (nSPS) is 33.1. The number of aliphatic hydroxyl groups is 2. The molecule has 4 bridgehead atoms. The fourth-order valence-corrected chi connectivity index (χ4v) is 14.2. The highest BCUT2D eigenvalue weighted by molar-refractivity contribution is 6.31. The lowest BCUT2D eigenvalue weighted by Crippen LogP contribution is -2.75. The van der Waals surface area contributed by atoms with E-state index in [0.717, 1.165) is 12.0 Å². The number of Topliss-reactive ketones (excluding diaryl/α,β-unsaturated/α-hetero) is 2. The van der Waals surface area contributed by atoms with Gasteiger partial charge >= 0.3 is 11.9 Å². The standard InChI is InChI=1S/C64H69NO15/c1-31(2)15-14-26-62(10)27-25-39-52(78-62)38(23-18-32(3)4)54-45(53(39)76-58(71)34-19-21-35(22-20-34)74-59-51(68)50(67)55-41(75-59)30-73-61(8,9)77-55)48-46-43(44-47(65-48)36-16-12-13-17-37(36)49(44)66)40-29-42-60(6,7)80-63(56(40)69,64(42,46)79-54)28-24-33(5)57(70)72-11/h12-13,15-22,24-25,27,40-44,50-51,55,59,67-68H,14,23,26,28-30H2,1-11H3/b33-24-/t40-,41+,42+,43?,44?,50+,51+,55+,59+,62?,63?,64?/m0/s1. The molecule has 3 aromatic carbocycles. The van der Waals surface area contributed by atoms with Crippen LogP contribution in [0, 0.1) is 23.7 Å². The first-order chi connectivity index (χ1) is 37.9. The van der Waals surface area contributed by atoms with Gasteiger partial charge in [0.1, 0.15) is 47.3 Å². The number of fused-ring (bicyclic) bond motifs is 7. The molecule has 0 amide bonds. The van der Waals surface area contributed by atoms with E-state index in [1.165, 1.54) is 24.8 Å². The molecule has 13 rings (SSSR count). The average molecular weight is 1090 g/mol. The number of ketones is 2. The smallest absolute Gasteiger partial charge is 0.343 e. The Morgan fingerprint density at radius 2 is 1.60 bits per heavy atom. The number of hydrogen-bond donors (Lipinski definition) is 2. The molecule has 6 heterocycles. The van der Waals surface area contributed by atoms with E-state index < -0.39 is 94.5 Å². The zero-order valence-corrected chi connectivity index (χ0v) is 47.1. The summed E-state index contributed by atoms with van der Waals surface area (Å²) in [5, 5.41) is 22.2. The SMILES string of the molecule is COC(=O)/C(C)=C\CC12OC(C)(C)[C@H]3C[C@H](C1=O)C1C4=C(N=C5c6ccccc6C(=O)C51)c1c(OC(=O)c5ccc(O[C@@H]6O[C@@H]7COC(C)(C)O[C@H]7[C@H](O)[C@H]6O)cc5)c5c(c(CC=C(C)C)c1OC432)OC(C)(CCC=C(C)C)C=C5. The Morgan fingerprint density at radius 3 is 2.31 bits per heavy atom. The van der Waals surface area contributed by atoms with E-state index in [4.69, 9.17) is 47.6 Å². The molecule has 1 spiro atoms. The largest absolute Gasteiger partial charge is 0.482 e. The van der Waals surface area contributed by atoms with Gasteiger partial charge in [0.15, 0.2) is 34.3 Å². The van der Waals surface area contributed by atoms with Gasteiger partial charge in [-0.15, -0.1) is 0 Å². The number of benzene rings is 3. The van der Waals surface area contributed by atoms with Crippen molar-refractivity contribution in [3.63, 3.8) is 0 Å². The van der Waals surface area contributed by atoms with Gasteiger partial charge in [0.05, 0.1) is 53.3 Å². The summed E-state index contributed by atoms with van der Waals surface area (Å²) in [6.45, 7) is 19.3. The van der Waals surface area contributed by atoms with Crippen LogP contribution in [0.25, 0.3) is 11.8 Å². The summed E-state index contributed by atoms with van der Waals surface area (Å²) < 4.78 is 58.2. The molecule has 80 heavy (non-hydrogen) atoms. The summed E-state index contributed by atoms with van der Waals surface area (Å²) >= 11 is 0. The van der Waals surface area contributed by atoms with Crippen molar-refractivity contribution in [2.75, 3.05) is 13.7 Å². The summed E-state index contributed by atoms with van der Waals surface area (Å²) in [5.41, 5.74) is 1.76. The van der Waals surface area contributed by atoms with Crippen LogP contribution < -0.4 is 18.9 Å². The van der Waals surface area contributed by atoms with E-state index in [1.807, 2.05) is 65.0 Å². The monoisotopic (exact) mass is 1090 g/mol. The Morgan fingerprint density at radius 1 is 0.875 bits per heavy atom. The molecule has 0 radical (unpaired) electrons. The van der Waals surface area contributed by atoms with E-state index in [9.17, 15) is 15.0 Å². The second-order valence-corrected chi connectivity index (χ2v) is 24.5. The maximum absolute atomic E-state index is 16.0. The van der Waals surface area contributed by atoms with Crippen molar-refractivity contribution >= 4 is 41.0 Å². The molecule has 12 atom stereocenters. The molecule has 420 valence electrons. The number of aliphatic imine (C=N–C) groups is 1. The lowest BCUT2D eigenvalue weighted by molar-refractivity contribution is -0.373. The molecule has 2 N–H and O–H groups in total. The number of rotatable bonds is 12. The van der Waals surface area contributed by atoms with Crippen LogP contribution in [0.4, 0.5) is 0 Å². The van der Waals surface area contributed by atoms with Crippen LogP contribution in [0.15, 0.2) is 100 Å². The molecule has 6 aliphatic heterocycles. The lowest BCUT2D eigenvalue weighted by atomic mass is 9.43. The second-order valence-electron chi connectivity index (χ2n) is 24.5. The van der Waals surface area contributed by atoms with Crippen LogP contribution in [-0.2, 0) is 39.7 Å². The highest BCUT2D eigenvalue weighted by Crippen LogP contribution is 2.75. The number of carbonyl (C=O) groups is 4. The highest BCUT2D eigenvalue weighted by Gasteiger charge is 2.84. The number of ether oxygens (including phenoxy) is 9. The van der Waals surface area contributed by atoms with Gasteiger partial charge in [-0.3, -0.25) is 14.6 Å². The average Bonchev–Trinajstić information content (AvgIpc) is 1.95. The lowest BCUT2D eigenvalue weighted by Gasteiger charge is -2.62. The van der Waals surface area contributed by atoms with Gasteiger partial charge in [0, 0.05) is 52.0 Å². The summed E-state index contributed by atoms with van der Waals surface area (Å²) in [6.07, 6.45) is 6.16. The topological polar surface area (TPSA) is 204 Å². The third kappa shape index (κ3) is 8.17. The van der Waals surface area contributed by atoms with Crippen molar-refractivity contribution in [2.24, 2.45) is 28.7 Å². The molecule has 3 aromatic rings. The Bertz CT molecular complexity index is 3370. The van der Waals surface area contributed by atoms with E-state index >= 15 is 14.4 Å². The highest BCUT2D eigenvalue weighted by atomic mass is 16.8. The zero-order valence-electron chi connectivity index (χ0n) is 47.1. The van der Waals surface area contributed by atoms with Crippen molar-refractivity contribution < 1.29 is 72.0 Å². The summed E-state index contributed by atoms with van der Waals surface area (Å²) in [5.74, 6) is -4.28. The molecule has 6 fully saturated rings. The number of nitrogens with zero attached hydrogens (tertiary/aromatic N) is 1. The van der Waals surface area contributed by atoms with Gasteiger partial charge in [-0.05, 0) is 131 Å². The van der Waals surface area contributed by atoms with E-state index in [2.05, 4.69) is 26.0 Å². The molecule has 16 nitrogen and oxygen atoms in total. The van der Waals surface area contributed by atoms with Crippen molar-refractivity contribution in [2.45, 2.75) is 160 Å². The van der Waals surface area contributed by atoms with E-state index in [0.29, 0.717) is 75.6 Å². The zero-order chi connectivity index (χ0) is 56.7. The number of aliphatic hydroxyl groups excluding tert-OH is 2. The van der Waals surface area contributed by atoms with Crippen LogP contribution in [0.5, 0.6) is 23.0 Å². The first-order valence-corrected chi connectivity index (χ1v) is 27.8. The van der Waals surface area contributed by atoms with Gasteiger partial charge in [-0.2, -0.15) is 0 Å². The Hall–Kier alpha value is -6.53. The van der Waals surface area contributed by atoms with Crippen molar-refractivity contribution in [1.82, 2.24) is 0 Å². The van der Waals surface area contributed by atoms with Crippen LogP contribution in [0.3, 0.4) is 0 Å². The summed E-state index contributed by atoms with van der Waals surface area (Å²) in [6, 6.07) is 13.5. The van der Waals surface area contributed by atoms with Gasteiger partial charge in [-0.25, -0.2) is 9.59 Å². The Balaban J connectivity index is 1.05. The minimum absolute atomic E-state index is 0.0520. The first-order valence-electron chi connectivity index (χ1n) is 27.8. The molecule has 4 aliphatic carbocycles. The molecular weight excluding hydrogens is 1020 g/mol. The predicted octanol–water partition coefficient (Wildman–Crippen LogP) is 9.35. The van der Waals surface area contributed by atoms with Crippen molar-refractivity contribution in [3.05, 3.63) is 129 Å². The number of esters is 2. The Labute approximate surface area is 465 Å². The number of methoxy groups -OCH3 is 1. The minimum Gasteiger partial charge on any atom is -0.482 e. The molecule has 0 aromatic heterocycles. The molecule has 10 aliphatic rings. The molecule has 16 heteroatoms. The third-order valence-corrected chi connectivity index (χ3v) is 17.9. The van der Waals surface area contributed by atoms with Gasteiger partial charge in [0.2, 0.25) is 6.29 Å². The first kappa shape index (κ1) is 54.1. The quantitative estimate of drug-likeness (QED) is 0.0751. The third-order valence-electron chi connectivity index (χ3n) is 17.9. The van der Waals surface area contributed by atoms with Crippen LogP contribution in [-0.4, -0.2) is 112 Å². The van der Waals surface area contributed by atoms with Gasteiger partial charge in [0.25, 0.3) is 0 Å². The van der Waals surface area contributed by atoms with Crippen LogP contribution in [0.1, 0.15) is 138 Å². The second kappa shape index (κ2) is 19.0. The Kier molecular flexibility index (Phi) is 12.9. The number of hydrogen-bond acceptors (Lipinski definition) is 16. The maximum Gasteiger partial charge on any atom is 0.343 e. The van der Waals surface area contributed by atoms with E-state index in [-0.39, 0.29) is 47.2 Å². The fourth-order valence-electron chi connectivity index (χ4n) is 14.2. The van der Waals surface area contributed by atoms with Crippen molar-refractivity contribution in [3.8, 4) is 23.0 Å². The van der Waals surface area contributed by atoms with Gasteiger partial charge < -0.3 is 52.8 Å².